The van der Waals surface area contributed by atoms with Crippen molar-refractivity contribution in [3.63, 3.8) is 0 Å². The van der Waals surface area contributed by atoms with Gasteiger partial charge in [-0.1, -0.05) is 15.9 Å². The molecule has 0 fully saturated rings. The maximum atomic E-state index is 14.1. The predicted octanol–water partition coefficient (Wildman–Crippen LogP) is 2.82. The molecule has 0 bridgehead atoms. The minimum absolute atomic E-state index is 0. The number of rotatable bonds is 3. The van der Waals surface area contributed by atoms with Crippen LogP contribution in [0.15, 0.2) is 27.7 Å². The zero-order valence-electron chi connectivity index (χ0n) is 12.7. The van der Waals surface area contributed by atoms with Gasteiger partial charge in [-0.05, 0) is 38.0 Å². The molecule has 1 aromatic rings. The van der Waals surface area contributed by atoms with Crippen LogP contribution in [0.4, 0.5) is 8.78 Å². The summed E-state index contributed by atoms with van der Waals surface area (Å²) >= 11 is 3.27. The Morgan fingerprint density at radius 1 is 1.39 bits per heavy atom. The molecule has 0 saturated carbocycles. The molecule has 0 spiro atoms. The van der Waals surface area contributed by atoms with Gasteiger partial charge in [0.15, 0.2) is 14.6 Å². The van der Waals surface area contributed by atoms with E-state index in [0.717, 1.165) is 6.26 Å². The Kier molecular flexibility index (Phi) is 5.92. The molecule has 0 aromatic heterocycles. The second kappa shape index (κ2) is 6.68. The Bertz CT molecular complexity index is 742. The number of nitrogens with two attached hydrogens (primary N) is 1. The number of hydrogen-bond donors (Lipinski definition) is 1. The molecular formula is C14H19BrF2N2O2S2. The Labute approximate surface area is 150 Å². The number of nitrogens with zero attached hydrogens (tertiary/aromatic N) is 1. The van der Waals surface area contributed by atoms with Gasteiger partial charge in [0.25, 0.3) is 0 Å². The molecule has 1 unspecified atom stereocenters. The van der Waals surface area contributed by atoms with Crippen LogP contribution in [0.5, 0.6) is 0 Å². The summed E-state index contributed by atoms with van der Waals surface area (Å²) in [5.41, 5.74) is 5.08. The summed E-state index contributed by atoms with van der Waals surface area (Å²) in [7, 11) is -3.77. The molecule has 0 aliphatic carbocycles. The van der Waals surface area contributed by atoms with E-state index in [9.17, 15) is 17.2 Å². The van der Waals surface area contributed by atoms with Gasteiger partial charge in [-0.25, -0.2) is 17.2 Å². The largest absolute Gasteiger partial charge is 0.386 e. The SMILES string of the molecule is C[C@@]1(c2cc(Br)ccc2F)CCC(CF)(S(C)(=O)=O)C(N)=N1.S. The highest BCUT2D eigenvalue weighted by Gasteiger charge is 2.50. The van der Waals surface area contributed by atoms with E-state index in [0.29, 0.717) is 10.0 Å². The third-order valence-electron chi connectivity index (χ3n) is 4.28. The standard InChI is InChI=1S/C14H17BrF2N2O2S.H2S/c1-13(10-7-9(15)3-4-11(10)17)5-6-14(8-16,12(18)19-13)22(2,20)21;/h3-4,7H,5-6,8H2,1-2H3,(H2,18,19);1H2/t13-,14?;/m0./s1. The van der Waals surface area contributed by atoms with Crippen molar-refractivity contribution in [2.75, 3.05) is 12.9 Å². The molecule has 2 N–H and O–H groups in total. The summed E-state index contributed by atoms with van der Waals surface area (Å²) in [6.07, 6.45) is 1.08. The van der Waals surface area contributed by atoms with Gasteiger partial charge in [0.2, 0.25) is 0 Å². The average molecular weight is 429 g/mol. The molecule has 2 atom stereocenters. The minimum Gasteiger partial charge on any atom is -0.386 e. The van der Waals surface area contributed by atoms with Crippen LogP contribution in [-0.2, 0) is 15.4 Å². The van der Waals surface area contributed by atoms with Gasteiger partial charge >= 0.3 is 0 Å². The van der Waals surface area contributed by atoms with Crippen LogP contribution >= 0.6 is 29.4 Å². The summed E-state index contributed by atoms with van der Waals surface area (Å²) < 4.78 is 50.3. The van der Waals surface area contributed by atoms with Crippen molar-refractivity contribution in [1.29, 1.82) is 0 Å². The lowest BCUT2D eigenvalue weighted by Crippen LogP contribution is -2.56. The van der Waals surface area contributed by atoms with Gasteiger partial charge in [0.1, 0.15) is 18.3 Å². The van der Waals surface area contributed by atoms with Crippen LogP contribution < -0.4 is 5.73 Å². The number of amidine groups is 1. The fraction of sp³-hybridized carbons (Fsp3) is 0.500. The highest BCUT2D eigenvalue weighted by Crippen LogP contribution is 2.42. The first-order chi connectivity index (χ1) is 10.1. The quantitative estimate of drug-likeness (QED) is 0.803. The molecule has 0 saturated heterocycles. The van der Waals surface area contributed by atoms with Crippen LogP contribution in [0.25, 0.3) is 0 Å². The van der Waals surface area contributed by atoms with Gasteiger partial charge in [-0.3, -0.25) is 4.99 Å². The Morgan fingerprint density at radius 2 is 2.00 bits per heavy atom. The van der Waals surface area contributed by atoms with E-state index >= 15 is 0 Å². The summed E-state index contributed by atoms with van der Waals surface area (Å²) in [5.74, 6) is -0.764. The molecule has 1 aliphatic rings. The smallest absolute Gasteiger partial charge is 0.162 e. The molecule has 130 valence electrons. The first kappa shape index (κ1) is 20.4. The normalized spacial score (nSPS) is 28.0. The molecule has 0 amide bonds. The molecule has 4 nitrogen and oxygen atoms in total. The molecule has 1 aliphatic heterocycles. The number of sulfone groups is 1. The second-order valence-corrected chi connectivity index (χ2v) is 9.04. The molecule has 23 heavy (non-hydrogen) atoms. The number of halogens is 3. The number of benzene rings is 1. The Morgan fingerprint density at radius 3 is 2.48 bits per heavy atom. The summed E-state index contributed by atoms with van der Waals surface area (Å²) in [5, 5.41) is 0. The van der Waals surface area contributed by atoms with Crippen LogP contribution in [0.3, 0.4) is 0 Å². The monoisotopic (exact) mass is 428 g/mol. The van der Waals surface area contributed by atoms with Crippen molar-refractivity contribution in [3.05, 3.63) is 34.1 Å². The molecular weight excluding hydrogens is 410 g/mol. The molecule has 1 heterocycles. The highest BCUT2D eigenvalue weighted by molar-refractivity contribution is 9.10. The van der Waals surface area contributed by atoms with E-state index in [-0.39, 0.29) is 32.2 Å². The molecule has 9 heteroatoms. The molecule has 0 radical (unpaired) electrons. The van der Waals surface area contributed by atoms with E-state index in [1.54, 1.807) is 19.1 Å². The second-order valence-electron chi connectivity index (χ2n) is 5.80. The molecule has 1 aromatic carbocycles. The fourth-order valence-electron chi connectivity index (χ4n) is 2.71. The van der Waals surface area contributed by atoms with Crippen molar-refractivity contribution in [2.24, 2.45) is 10.7 Å². The average Bonchev–Trinajstić information content (AvgIpc) is 2.40. The van der Waals surface area contributed by atoms with Crippen LogP contribution in [0.1, 0.15) is 25.3 Å². The number of alkyl halides is 1. The fourth-order valence-corrected chi connectivity index (χ4v) is 4.17. The van der Waals surface area contributed by atoms with E-state index in [2.05, 4.69) is 20.9 Å². The number of aliphatic imine (C=N–C) groups is 1. The Balaban J connectivity index is 0.00000264. The topological polar surface area (TPSA) is 72.5 Å². The van der Waals surface area contributed by atoms with Gasteiger partial charge in [0.05, 0.1) is 5.54 Å². The van der Waals surface area contributed by atoms with Crippen molar-refractivity contribution < 1.29 is 17.2 Å². The molecule has 2 rings (SSSR count). The third kappa shape index (κ3) is 3.41. The van der Waals surface area contributed by atoms with Crippen LogP contribution in [-0.4, -0.2) is 31.9 Å². The Hall–Kier alpha value is -0.670. The van der Waals surface area contributed by atoms with Crippen molar-refractivity contribution in [1.82, 2.24) is 0 Å². The minimum atomic E-state index is -3.77. The van der Waals surface area contributed by atoms with Gasteiger partial charge in [-0.15, -0.1) is 0 Å². The number of hydrogen-bond acceptors (Lipinski definition) is 4. The summed E-state index contributed by atoms with van der Waals surface area (Å²) in [6.45, 7) is 0.521. The lowest BCUT2D eigenvalue weighted by molar-refractivity contribution is 0.334. The third-order valence-corrected chi connectivity index (χ3v) is 6.72. The van der Waals surface area contributed by atoms with E-state index in [4.69, 9.17) is 5.73 Å². The van der Waals surface area contributed by atoms with Gasteiger partial charge in [-0.2, -0.15) is 13.5 Å². The van der Waals surface area contributed by atoms with Gasteiger partial charge in [0, 0.05) is 16.3 Å². The lowest BCUT2D eigenvalue weighted by Gasteiger charge is -2.39. The van der Waals surface area contributed by atoms with Crippen molar-refractivity contribution >= 4 is 45.1 Å². The van der Waals surface area contributed by atoms with Crippen LogP contribution in [0, 0.1) is 5.82 Å². The first-order valence-corrected chi connectivity index (χ1v) is 9.31. The maximum Gasteiger partial charge on any atom is 0.162 e. The van der Waals surface area contributed by atoms with Gasteiger partial charge < -0.3 is 5.73 Å². The van der Waals surface area contributed by atoms with Crippen molar-refractivity contribution in [2.45, 2.75) is 30.1 Å². The summed E-state index contributed by atoms with van der Waals surface area (Å²) in [4.78, 5) is 4.19. The zero-order valence-corrected chi connectivity index (χ0v) is 16.1. The predicted molar refractivity (Wildman–Crippen MR) is 96.2 cm³/mol. The van der Waals surface area contributed by atoms with E-state index in [1.807, 2.05) is 0 Å². The maximum absolute atomic E-state index is 14.1. The highest BCUT2D eigenvalue weighted by atomic mass is 79.9. The van der Waals surface area contributed by atoms with E-state index < -0.39 is 32.6 Å². The van der Waals surface area contributed by atoms with E-state index in [1.165, 1.54) is 6.07 Å². The summed E-state index contributed by atoms with van der Waals surface area (Å²) in [6, 6.07) is 4.43. The zero-order chi connectivity index (χ0) is 16.8. The van der Waals surface area contributed by atoms with Crippen LogP contribution in [0.2, 0.25) is 0 Å². The lowest BCUT2D eigenvalue weighted by atomic mass is 9.81. The first-order valence-electron chi connectivity index (χ1n) is 6.63. The van der Waals surface area contributed by atoms with Crippen molar-refractivity contribution in [3.8, 4) is 0 Å².